The fraction of sp³-hybridized carbons (Fsp3) is 0.286. The lowest BCUT2D eigenvalue weighted by molar-refractivity contribution is -0.132. The molecule has 0 radical (unpaired) electrons. The summed E-state index contributed by atoms with van der Waals surface area (Å²) in [7, 11) is -0.801. The Morgan fingerprint density at radius 3 is 2.38 bits per heavy atom. The van der Waals surface area contributed by atoms with Gasteiger partial charge in [0.05, 0.1) is 11.4 Å². The molecule has 0 fully saturated rings. The summed E-state index contributed by atoms with van der Waals surface area (Å²) in [6, 6.07) is 12.1. The lowest BCUT2D eigenvalue weighted by Gasteiger charge is -2.22. The van der Waals surface area contributed by atoms with Crippen LogP contribution >= 0.6 is 0 Å². The van der Waals surface area contributed by atoms with E-state index in [9.17, 15) is 21.8 Å². The van der Waals surface area contributed by atoms with E-state index in [0.29, 0.717) is 4.90 Å². The number of alkyl halides is 4. The summed E-state index contributed by atoms with van der Waals surface area (Å²) in [6.45, 7) is -1.27. The van der Waals surface area contributed by atoms with Crippen molar-refractivity contribution in [3.8, 4) is 0 Å². The van der Waals surface area contributed by atoms with Crippen molar-refractivity contribution >= 4 is 21.8 Å². The van der Waals surface area contributed by atoms with E-state index < -0.39 is 29.9 Å². The van der Waals surface area contributed by atoms with E-state index in [0.717, 1.165) is 22.1 Å². The highest BCUT2D eigenvalue weighted by Gasteiger charge is 2.42. The average Bonchev–Trinajstić information content (AvgIpc) is 2.45. The minimum Gasteiger partial charge on any atom is -0.237 e. The number of hydrogen-bond acceptors (Lipinski definition) is 1. The number of hydrogen-bond donors (Lipinski definition) is 0. The molecule has 0 N–H and O–H groups in total. The van der Waals surface area contributed by atoms with Gasteiger partial charge in [0.1, 0.15) is 11.0 Å². The zero-order chi connectivity index (χ0) is 15.6. The molecule has 0 amide bonds. The second-order valence-electron chi connectivity index (χ2n) is 4.61. The molecular weight excluding hydrogens is 306 g/mol. The molecule has 0 heterocycles. The first kappa shape index (κ1) is 15.9. The van der Waals surface area contributed by atoms with Crippen LogP contribution in [0.3, 0.4) is 0 Å². The van der Waals surface area contributed by atoms with Crippen LogP contribution < -0.4 is 0 Å². The van der Waals surface area contributed by atoms with Gasteiger partial charge in [0.25, 0.3) is 0 Å². The van der Waals surface area contributed by atoms with Crippen LogP contribution in [0.5, 0.6) is 0 Å². The summed E-state index contributed by atoms with van der Waals surface area (Å²) >= 11 is 0. The molecule has 0 aliphatic rings. The molecule has 21 heavy (non-hydrogen) atoms. The van der Waals surface area contributed by atoms with Crippen LogP contribution in [0.25, 0.3) is 10.8 Å². The van der Waals surface area contributed by atoms with Crippen molar-refractivity contribution in [2.45, 2.75) is 17.2 Å². The van der Waals surface area contributed by atoms with Gasteiger partial charge in [0, 0.05) is 7.05 Å². The maximum Gasteiger partial charge on any atom is 0.320 e. The summed E-state index contributed by atoms with van der Waals surface area (Å²) in [4.78, 5) is 0.293. The third kappa shape index (κ3) is 3.59. The highest BCUT2D eigenvalue weighted by Crippen LogP contribution is 2.26. The van der Waals surface area contributed by atoms with E-state index in [1.54, 1.807) is 24.3 Å². The number of benzene rings is 2. The molecule has 114 valence electrons. The van der Waals surface area contributed by atoms with Gasteiger partial charge in [-0.15, -0.1) is 0 Å². The van der Waals surface area contributed by atoms with Gasteiger partial charge in [0.2, 0.25) is 0 Å². The molecule has 0 unspecified atom stereocenters. The lowest BCUT2D eigenvalue weighted by atomic mass is 10.1. The van der Waals surface area contributed by atoms with Crippen LogP contribution in [-0.2, 0) is 11.0 Å². The van der Waals surface area contributed by atoms with Gasteiger partial charge >= 0.3 is 12.3 Å². The standard InChI is InChI=1S/C14H13F4NOS/c1-19(9-14(17,18)13(15)16)21(20)12-7-6-10-4-2-3-5-11(10)8-12/h2-8,13H,9H2,1H3/t21-/m0/s1. The molecule has 2 aromatic carbocycles. The van der Waals surface area contributed by atoms with E-state index in [2.05, 4.69) is 0 Å². The van der Waals surface area contributed by atoms with Gasteiger partial charge in [-0.1, -0.05) is 30.3 Å². The van der Waals surface area contributed by atoms with Crippen molar-refractivity contribution in [3.05, 3.63) is 42.5 Å². The quantitative estimate of drug-likeness (QED) is 0.770. The Morgan fingerprint density at radius 1 is 1.14 bits per heavy atom. The monoisotopic (exact) mass is 319 g/mol. The Balaban J connectivity index is 2.21. The molecule has 0 aliphatic carbocycles. The average molecular weight is 319 g/mol. The van der Waals surface area contributed by atoms with E-state index in [1.165, 1.54) is 6.07 Å². The third-order valence-corrected chi connectivity index (χ3v) is 4.31. The summed E-state index contributed by atoms with van der Waals surface area (Å²) in [6.07, 6.45) is -3.78. The van der Waals surface area contributed by atoms with Crippen molar-refractivity contribution in [2.24, 2.45) is 0 Å². The molecular formula is C14H13F4NOS. The van der Waals surface area contributed by atoms with E-state index >= 15 is 0 Å². The van der Waals surface area contributed by atoms with Crippen LogP contribution in [-0.4, -0.2) is 34.5 Å². The summed E-state index contributed by atoms with van der Waals surface area (Å²) < 4.78 is 63.2. The zero-order valence-electron chi connectivity index (χ0n) is 11.1. The Hall–Kier alpha value is -1.47. The maximum absolute atomic E-state index is 13.0. The Labute approximate surface area is 122 Å². The predicted octanol–water partition coefficient (Wildman–Crippen LogP) is 3.69. The second-order valence-corrected chi connectivity index (χ2v) is 6.20. The Bertz CT molecular complexity index is 662. The first-order chi connectivity index (χ1) is 9.81. The van der Waals surface area contributed by atoms with Crippen molar-refractivity contribution in [2.75, 3.05) is 13.6 Å². The summed E-state index contributed by atoms with van der Waals surface area (Å²) in [5, 5.41) is 1.72. The smallest absolute Gasteiger partial charge is 0.237 e. The van der Waals surface area contributed by atoms with Gasteiger partial charge < -0.3 is 0 Å². The van der Waals surface area contributed by atoms with Gasteiger partial charge in [-0.2, -0.15) is 8.78 Å². The first-order valence-corrected chi connectivity index (χ1v) is 7.20. The topological polar surface area (TPSA) is 20.3 Å². The second kappa shape index (κ2) is 6.11. The van der Waals surface area contributed by atoms with Crippen LogP contribution in [0.15, 0.2) is 47.4 Å². The largest absolute Gasteiger partial charge is 0.320 e. The maximum atomic E-state index is 13.0. The SMILES string of the molecule is CN(CC(F)(F)C(F)F)[S@@](=O)c1ccc2ccccc2c1. The zero-order valence-corrected chi connectivity index (χ0v) is 11.9. The number of fused-ring (bicyclic) bond motifs is 1. The van der Waals surface area contributed by atoms with Crippen LogP contribution in [0, 0.1) is 0 Å². The lowest BCUT2D eigenvalue weighted by Crippen LogP contribution is -2.40. The van der Waals surface area contributed by atoms with E-state index in [1.807, 2.05) is 12.1 Å². The van der Waals surface area contributed by atoms with Crippen LogP contribution in [0.1, 0.15) is 0 Å². The van der Waals surface area contributed by atoms with E-state index in [4.69, 9.17) is 0 Å². The first-order valence-electron chi connectivity index (χ1n) is 6.09. The van der Waals surface area contributed by atoms with Crippen LogP contribution in [0.4, 0.5) is 17.6 Å². The fourth-order valence-corrected chi connectivity index (χ4v) is 2.94. The molecule has 0 aromatic heterocycles. The minimum absolute atomic E-state index is 0.293. The van der Waals surface area contributed by atoms with E-state index in [-0.39, 0.29) is 0 Å². The van der Waals surface area contributed by atoms with Gasteiger partial charge in [0.15, 0.2) is 0 Å². The molecule has 1 atom stereocenters. The Kier molecular flexibility index (Phi) is 4.63. The molecule has 0 saturated carbocycles. The van der Waals surface area contributed by atoms with Crippen molar-refractivity contribution in [1.29, 1.82) is 0 Å². The molecule has 2 aromatic rings. The molecule has 0 bridgehead atoms. The van der Waals surface area contributed by atoms with Crippen molar-refractivity contribution < 1.29 is 21.8 Å². The molecule has 0 aliphatic heterocycles. The molecule has 2 nitrogen and oxygen atoms in total. The fourth-order valence-electron chi connectivity index (χ4n) is 1.88. The van der Waals surface area contributed by atoms with Crippen LogP contribution in [0.2, 0.25) is 0 Å². The predicted molar refractivity (Wildman–Crippen MR) is 73.9 cm³/mol. The highest BCUT2D eigenvalue weighted by atomic mass is 32.2. The molecule has 2 rings (SSSR count). The summed E-state index contributed by atoms with van der Waals surface area (Å²) in [5.41, 5.74) is 0. The third-order valence-electron chi connectivity index (χ3n) is 2.96. The number of halogens is 4. The summed E-state index contributed by atoms with van der Waals surface area (Å²) in [5.74, 6) is -4.19. The minimum atomic E-state index is -4.19. The normalized spacial score (nSPS) is 14.0. The van der Waals surface area contributed by atoms with Crippen molar-refractivity contribution in [3.63, 3.8) is 0 Å². The molecule has 7 heteroatoms. The van der Waals surface area contributed by atoms with Crippen molar-refractivity contribution in [1.82, 2.24) is 4.31 Å². The number of nitrogens with zero attached hydrogens (tertiary/aromatic N) is 1. The molecule has 0 spiro atoms. The van der Waals surface area contributed by atoms with Gasteiger partial charge in [-0.05, 0) is 22.9 Å². The number of rotatable bonds is 5. The molecule has 0 saturated heterocycles. The Morgan fingerprint density at radius 2 is 1.76 bits per heavy atom. The van der Waals surface area contributed by atoms with Gasteiger partial charge in [-0.3, -0.25) is 0 Å². The highest BCUT2D eigenvalue weighted by molar-refractivity contribution is 7.82. The van der Waals surface area contributed by atoms with Gasteiger partial charge in [-0.25, -0.2) is 17.3 Å².